The second-order valence-electron chi connectivity index (χ2n) is 6.69. The van der Waals surface area contributed by atoms with E-state index in [0.717, 1.165) is 24.0 Å². The van der Waals surface area contributed by atoms with Gasteiger partial charge in [0.2, 0.25) is 0 Å². The summed E-state index contributed by atoms with van der Waals surface area (Å²) < 4.78 is 1.82. The van der Waals surface area contributed by atoms with Crippen LogP contribution in [0.25, 0.3) is 17.2 Å². The summed E-state index contributed by atoms with van der Waals surface area (Å²) in [7, 11) is 0. The van der Waals surface area contributed by atoms with Gasteiger partial charge in [0.25, 0.3) is 0 Å². The summed E-state index contributed by atoms with van der Waals surface area (Å²) in [6.45, 7) is 2.20. The highest BCUT2D eigenvalue weighted by Crippen LogP contribution is 2.26. The Labute approximate surface area is 174 Å². The molecule has 0 unspecified atom stereocenters. The molecule has 0 saturated carbocycles. The normalized spacial score (nSPS) is 11.3. The summed E-state index contributed by atoms with van der Waals surface area (Å²) in [6, 6.07) is 14.8. The van der Waals surface area contributed by atoms with Crippen molar-refractivity contribution in [2.24, 2.45) is 0 Å². The molecule has 0 fully saturated rings. The van der Waals surface area contributed by atoms with Crippen molar-refractivity contribution in [2.75, 3.05) is 0 Å². The lowest BCUT2D eigenvalue weighted by Crippen LogP contribution is -2.08. The van der Waals surface area contributed by atoms with Crippen LogP contribution in [-0.4, -0.2) is 25.7 Å². The predicted octanol–water partition coefficient (Wildman–Crippen LogP) is 5.26. The summed E-state index contributed by atoms with van der Waals surface area (Å²) in [4.78, 5) is 16.2. The number of imidazole rings is 1. The largest absolute Gasteiger partial charge is 0.478 e. The van der Waals surface area contributed by atoms with E-state index in [1.807, 2.05) is 59.2 Å². The zero-order valence-electron chi connectivity index (χ0n) is 16.2. The lowest BCUT2D eigenvalue weighted by atomic mass is 9.97. The van der Waals surface area contributed by atoms with Crippen molar-refractivity contribution in [3.8, 4) is 11.1 Å². The van der Waals surface area contributed by atoms with E-state index in [9.17, 15) is 15.0 Å². The van der Waals surface area contributed by atoms with Crippen molar-refractivity contribution in [3.05, 3.63) is 82.4 Å². The van der Waals surface area contributed by atoms with Crippen LogP contribution in [0, 0.1) is 0 Å². The zero-order chi connectivity index (χ0) is 20.8. The lowest BCUT2D eigenvalue weighted by Gasteiger charge is -2.12. The minimum absolute atomic E-state index is 0.230. The summed E-state index contributed by atoms with van der Waals surface area (Å²) in [5.41, 5.74) is 3.04. The van der Waals surface area contributed by atoms with Crippen LogP contribution in [0.2, 0.25) is 5.15 Å². The fourth-order valence-electron chi connectivity index (χ4n) is 3.20. The van der Waals surface area contributed by atoms with Gasteiger partial charge in [-0.2, -0.15) is 0 Å². The molecule has 0 aliphatic rings. The maximum atomic E-state index is 11.9. The van der Waals surface area contributed by atoms with E-state index in [2.05, 4.69) is 11.9 Å². The highest BCUT2D eigenvalue weighted by Gasteiger charge is 2.16. The molecule has 2 N–H and O–H groups in total. The molecule has 6 heteroatoms. The monoisotopic (exact) mass is 410 g/mol. The highest BCUT2D eigenvalue weighted by molar-refractivity contribution is 6.30. The minimum atomic E-state index is -0.986. The van der Waals surface area contributed by atoms with Crippen LogP contribution >= 0.6 is 11.6 Å². The first-order chi connectivity index (χ1) is 14.0. The van der Waals surface area contributed by atoms with Gasteiger partial charge in [-0.1, -0.05) is 73.5 Å². The van der Waals surface area contributed by atoms with Gasteiger partial charge >= 0.3 is 5.97 Å². The minimum Gasteiger partial charge on any atom is -0.478 e. The molecule has 0 bridgehead atoms. The summed E-state index contributed by atoms with van der Waals surface area (Å²) >= 11 is 6.20. The van der Waals surface area contributed by atoms with Gasteiger partial charge in [0.15, 0.2) is 5.15 Å². The van der Waals surface area contributed by atoms with Crippen molar-refractivity contribution in [1.29, 1.82) is 0 Å². The Morgan fingerprint density at radius 2 is 1.97 bits per heavy atom. The molecule has 0 saturated heterocycles. The third-order valence-electron chi connectivity index (χ3n) is 4.67. The molecular weight excluding hydrogens is 388 g/mol. The molecule has 3 rings (SSSR count). The molecule has 2 aromatic carbocycles. The fraction of sp³-hybridized carbons (Fsp3) is 0.217. The van der Waals surface area contributed by atoms with Crippen LogP contribution < -0.4 is 0 Å². The van der Waals surface area contributed by atoms with Crippen LogP contribution in [0.15, 0.2) is 54.6 Å². The van der Waals surface area contributed by atoms with Crippen molar-refractivity contribution in [2.45, 2.75) is 32.9 Å². The van der Waals surface area contributed by atoms with E-state index < -0.39 is 5.97 Å². The van der Waals surface area contributed by atoms with Gasteiger partial charge in [0.1, 0.15) is 5.82 Å². The molecule has 5 nitrogen and oxygen atoms in total. The number of aliphatic hydroxyl groups excluding tert-OH is 1. The SMILES string of the molecule is CCCC=Cc1nc(Cl)c(CO)n1Cc1ccc(-c2ccccc2)c(C(=O)O)c1. The predicted molar refractivity (Wildman–Crippen MR) is 115 cm³/mol. The Morgan fingerprint density at radius 1 is 1.21 bits per heavy atom. The van der Waals surface area contributed by atoms with Crippen molar-refractivity contribution in [1.82, 2.24) is 9.55 Å². The third-order valence-corrected chi connectivity index (χ3v) is 4.97. The van der Waals surface area contributed by atoms with Crippen molar-refractivity contribution in [3.63, 3.8) is 0 Å². The number of rotatable bonds is 8. The van der Waals surface area contributed by atoms with Crippen LogP contribution in [0.4, 0.5) is 0 Å². The number of benzene rings is 2. The molecule has 3 aromatic rings. The van der Waals surface area contributed by atoms with E-state index in [4.69, 9.17) is 11.6 Å². The summed E-state index contributed by atoms with van der Waals surface area (Å²) in [6.07, 6.45) is 5.82. The molecule has 150 valence electrons. The van der Waals surface area contributed by atoms with Crippen LogP contribution in [0.3, 0.4) is 0 Å². The van der Waals surface area contributed by atoms with Crippen molar-refractivity contribution < 1.29 is 15.0 Å². The average molecular weight is 411 g/mol. The van der Waals surface area contributed by atoms with Gasteiger partial charge in [-0.3, -0.25) is 0 Å². The molecule has 0 spiro atoms. The van der Waals surface area contributed by atoms with E-state index in [1.54, 1.807) is 6.07 Å². The molecular formula is C23H23ClN2O3. The maximum absolute atomic E-state index is 11.9. The number of allylic oxidation sites excluding steroid dienone is 1. The lowest BCUT2D eigenvalue weighted by molar-refractivity contribution is 0.0697. The zero-order valence-corrected chi connectivity index (χ0v) is 16.9. The summed E-state index contributed by atoms with van der Waals surface area (Å²) in [5.74, 6) is -0.351. The molecule has 1 aromatic heterocycles. The van der Waals surface area contributed by atoms with Gasteiger partial charge in [-0.25, -0.2) is 9.78 Å². The molecule has 0 amide bonds. The topological polar surface area (TPSA) is 75.4 Å². The number of halogens is 1. The van der Waals surface area contributed by atoms with E-state index in [-0.39, 0.29) is 17.3 Å². The van der Waals surface area contributed by atoms with E-state index >= 15 is 0 Å². The Bertz CT molecular complexity index is 1030. The van der Waals surface area contributed by atoms with Gasteiger partial charge in [-0.05, 0) is 35.3 Å². The molecule has 1 heterocycles. The van der Waals surface area contributed by atoms with Gasteiger partial charge < -0.3 is 14.8 Å². The Hall–Kier alpha value is -2.89. The Balaban J connectivity index is 2.01. The summed E-state index contributed by atoms with van der Waals surface area (Å²) in [5, 5.41) is 19.7. The molecule has 0 atom stereocenters. The number of aromatic nitrogens is 2. The molecule has 0 aliphatic carbocycles. The standard InChI is InChI=1S/C23H23ClN2O3/c1-2-3-5-10-21-25-22(24)20(15-27)26(21)14-16-11-12-18(19(13-16)23(28)29)17-8-6-4-7-9-17/h4-13,27H,2-3,14-15H2,1H3,(H,28,29). The molecule has 0 aliphatic heterocycles. The van der Waals surface area contributed by atoms with E-state index in [1.165, 1.54) is 0 Å². The van der Waals surface area contributed by atoms with Crippen LogP contribution in [-0.2, 0) is 13.2 Å². The van der Waals surface area contributed by atoms with E-state index in [0.29, 0.717) is 23.6 Å². The number of nitrogens with zero attached hydrogens (tertiary/aromatic N) is 2. The number of aliphatic hydroxyl groups is 1. The van der Waals surface area contributed by atoms with Gasteiger partial charge in [-0.15, -0.1) is 0 Å². The number of aromatic carboxylic acids is 1. The third kappa shape index (κ3) is 4.75. The van der Waals surface area contributed by atoms with Crippen molar-refractivity contribution >= 4 is 23.6 Å². The second kappa shape index (κ2) is 9.54. The first kappa shape index (κ1) is 20.8. The number of carboxylic acid groups (broad SMARTS) is 1. The average Bonchev–Trinajstić information content (AvgIpc) is 3.02. The van der Waals surface area contributed by atoms with Crippen LogP contribution in [0.1, 0.15) is 47.2 Å². The smallest absolute Gasteiger partial charge is 0.336 e. The number of carbonyl (C=O) groups is 1. The number of hydrogen-bond donors (Lipinski definition) is 2. The maximum Gasteiger partial charge on any atom is 0.336 e. The highest BCUT2D eigenvalue weighted by atomic mass is 35.5. The van der Waals surface area contributed by atoms with Gasteiger partial charge in [0.05, 0.1) is 17.9 Å². The number of hydrogen-bond acceptors (Lipinski definition) is 3. The molecule has 29 heavy (non-hydrogen) atoms. The second-order valence-corrected chi connectivity index (χ2v) is 7.05. The number of unbranched alkanes of at least 4 members (excludes halogenated alkanes) is 1. The quantitative estimate of drug-likeness (QED) is 0.531. The fourth-order valence-corrected chi connectivity index (χ4v) is 3.45. The molecule has 0 radical (unpaired) electrons. The van der Waals surface area contributed by atoms with Crippen LogP contribution in [0.5, 0.6) is 0 Å². The number of carboxylic acids is 1. The Morgan fingerprint density at radius 3 is 2.62 bits per heavy atom. The van der Waals surface area contributed by atoms with Gasteiger partial charge in [0, 0.05) is 6.54 Å². The first-order valence-corrected chi connectivity index (χ1v) is 9.86. The first-order valence-electron chi connectivity index (χ1n) is 9.49. The Kier molecular flexibility index (Phi) is 6.86.